The largest absolute Gasteiger partial charge is 0.316 e. The molecule has 2 rings (SSSR count). The van der Waals surface area contributed by atoms with E-state index in [9.17, 15) is 0 Å². The minimum absolute atomic E-state index is 0.578. The maximum Gasteiger partial charge on any atom is 0.0870 e. The monoisotopic (exact) mass is 180 g/mol. The first-order valence-corrected chi connectivity index (χ1v) is 5.01. The summed E-state index contributed by atoms with van der Waals surface area (Å²) in [5.41, 5.74) is 1.15. The molecular weight excluding hydrogens is 164 g/mol. The summed E-state index contributed by atoms with van der Waals surface area (Å²) in [6.07, 6.45) is 4.57. The predicted molar refractivity (Wildman–Crippen MR) is 50.5 cm³/mol. The van der Waals surface area contributed by atoms with Crippen molar-refractivity contribution in [2.45, 2.75) is 32.2 Å². The van der Waals surface area contributed by atoms with E-state index < -0.39 is 0 Å². The second-order valence-electron chi connectivity index (χ2n) is 3.54. The van der Waals surface area contributed by atoms with Gasteiger partial charge in [0.1, 0.15) is 0 Å². The summed E-state index contributed by atoms with van der Waals surface area (Å²) in [6.45, 7) is 5.20. The minimum atomic E-state index is 0.578. The van der Waals surface area contributed by atoms with Gasteiger partial charge in [-0.1, -0.05) is 5.21 Å². The van der Waals surface area contributed by atoms with E-state index in [4.69, 9.17) is 0 Å². The summed E-state index contributed by atoms with van der Waals surface area (Å²) in [4.78, 5) is 0. The summed E-state index contributed by atoms with van der Waals surface area (Å²) in [6, 6.07) is 0. The number of hydrogen-bond donors (Lipinski definition) is 1. The molecule has 0 saturated carbocycles. The van der Waals surface area contributed by atoms with Crippen LogP contribution in [0.3, 0.4) is 0 Å². The van der Waals surface area contributed by atoms with Crippen LogP contribution in [0.25, 0.3) is 0 Å². The third kappa shape index (κ3) is 1.88. The van der Waals surface area contributed by atoms with Gasteiger partial charge in [0, 0.05) is 25.2 Å². The van der Waals surface area contributed by atoms with Crippen LogP contribution in [0.5, 0.6) is 0 Å². The second-order valence-corrected chi connectivity index (χ2v) is 3.54. The van der Waals surface area contributed by atoms with Gasteiger partial charge in [0.2, 0.25) is 0 Å². The van der Waals surface area contributed by atoms with Crippen molar-refractivity contribution in [3.8, 4) is 0 Å². The lowest BCUT2D eigenvalue weighted by Crippen LogP contribution is -2.28. The molecular formula is C9H16N4. The summed E-state index contributed by atoms with van der Waals surface area (Å²) < 4.78 is 1.89. The van der Waals surface area contributed by atoms with Crippen LogP contribution >= 0.6 is 0 Å². The summed E-state index contributed by atoms with van der Waals surface area (Å²) in [7, 11) is 0. The van der Waals surface area contributed by atoms with E-state index in [-0.39, 0.29) is 0 Å². The molecule has 1 aromatic rings. The van der Waals surface area contributed by atoms with Gasteiger partial charge in [-0.05, 0) is 26.3 Å². The Morgan fingerprint density at radius 2 is 2.62 bits per heavy atom. The van der Waals surface area contributed by atoms with E-state index in [1.54, 1.807) is 0 Å². The van der Waals surface area contributed by atoms with Crippen LogP contribution in [0, 0.1) is 0 Å². The highest BCUT2D eigenvalue weighted by Gasteiger charge is 2.17. The number of hydrogen-bond acceptors (Lipinski definition) is 3. The molecule has 0 aliphatic carbocycles. The van der Waals surface area contributed by atoms with Crippen LogP contribution in [0.4, 0.5) is 0 Å². The number of piperidine rings is 1. The number of aryl methyl sites for hydroxylation is 1. The molecule has 0 bridgehead atoms. The van der Waals surface area contributed by atoms with Crippen molar-refractivity contribution in [2.75, 3.05) is 13.1 Å². The molecule has 0 aromatic carbocycles. The van der Waals surface area contributed by atoms with Crippen LogP contribution < -0.4 is 5.32 Å². The van der Waals surface area contributed by atoms with Gasteiger partial charge in [-0.15, -0.1) is 5.10 Å². The highest BCUT2D eigenvalue weighted by molar-refractivity contribution is 5.03. The van der Waals surface area contributed by atoms with E-state index in [0.29, 0.717) is 5.92 Å². The molecule has 1 aliphatic rings. The molecule has 1 saturated heterocycles. The lowest BCUT2D eigenvalue weighted by molar-refractivity contribution is 0.454. The van der Waals surface area contributed by atoms with Gasteiger partial charge in [-0.3, -0.25) is 4.68 Å². The molecule has 13 heavy (non-hydrogen) atoms. The van der Waals surface area contributed by atoms with Crippen LogP contribution in [0.15, 0.2) is 6.20 Å². The van der Waals surface area contributed by atoms with Gasteiger partial charge in [0.15, 0.2) is 0 Å². The highest BCUT2D eigenvalue weighted by atomic mass is 15.4. The molecule has 0 spiro atoms. The normalized spacial score (nSPS) is 23.3. The fourth-order valence-corrected chi connectivity index (χ4v) is 1.76. The SMILES string of the molecule is CCn1cc(C2CCCNC2)nn1. The highest BCUT2D eigenvalue weighted by Crippen LogP contribution is 2.20. The van der Waals surface area contributed by atoms with Crippen LogP contribution in [0.1, 0.15) is 31.4 Å². The quantitative estimate of drug-likeness (QED) is 0.731. The number of nitrogens with zero attached hydrogens (tertiary/aromatic N) is 3. The van der Waals surface area contributed by atoms with Crippen molar-refractivity contribution >= 4 is 0 Å². The number of nitrogens with one attached hydrogen (secondary N) is 1. The molecule has 1 aliphatic heterocycles. The zero-order chi connectivity index (χ0) is 9.10. The van der Waals surface area contributed by atoms with Crippen LogP contribution in [-0.4, -0.2) is 28.1 Å². The Kier molecular flexibility index (Phi) is 2.59. The maximum absolute atomic E-state index is 4.18. The molecule has 1 unspecified atom stereocenters. The molecule has 2 heterocycles. The molecule has 1 fully saturated rings. The standard InChI is InChI=1S/C9H16N4/c1-2-13-7-9(11-12-13)8-4-3-5-10-6-8/h7-8,10H,2-6H2,1H3. The molecule has 4 nitrogen and oxygen atoms in total. The predicted octanol–water partition coefficient (Wildman–Crippen LogP) is 0.765. The van der Waals surface area contributed by atoms with Gasteiger partial charge in [-0.25, -0.2) is 0 Å². The second kappa shape index (κ2) is 3.87. The van der Waals surface area contributed by atoms with Crippen molar-refractivity contribution < 1.29 is 0 Å². The van der Waals surface area contributed by atoms with Crippen molar-refractivity contribution in [3.63, 3.8) is 0 Å². The molecule has 4 heteroatoms. The van der Waals surface area contributed by atoms with E-state index in [1.807, 2.05) is 4.68 Å². The van der Waals surface area contributed by atoms with Gasteiger partial charge in [0.25, 0.3) is 0 Å². The first-order valence-electron chi connectivity index (χ1n) is 5.01. The van der Waals surface area contributed by atoms with Crippen molar-refractivity contribution in [1.29, 1.82) is 0 Å². The Balaban J connectivity index is 2.05. The lowest BCUT2D eigenvalue weighted by atomic mass is 9.97. The first kappa shape index (κ1) is 8.69. The van der Waals surface area contributed by atoms with Crippen LogP contribution in [0.2, 0.25) is 0 Å². The third-order valence-electron chi connectivity index (χ3n) is 2.60. The van der Waals surface area contributed by atoms with E-state index in [2.05, 4.69) is 28.7 Å². The maximum atomic E-state index is 4.18. The van der Waals surface area contributed by atoms with Crippen molar-refractivity contribution in [3.05, 3.63) is 11.9 Å². The van der Waals surface area contributed by atoms with E-state index in [0.717, 1.165) is 25.3 Å². The zero-order valence-electron chi connectivity index (χ0n) is 8.03. The number of aromatic nitrogens is 3. The smallest absolute Gasteiger partial charge is 0.0870 e. The fraction of sp³-hybridized carbons (Fsp3) is 0.778. The molecule has 1 aromatic heterocycles. The van der Waals surface area contributed by atoms with Gasteiger partial charge in [0.05, 0.1) is 5.69 Å². The average molecular weight is 180 g/mol. The topological polar surface area (TPSA) is 42.7 Å². The lowest BCUT2D eigenvalue weighted by Gasteiger charge is -2.20. The van der Waals surface area contributed by atoms with Gasteiger partial charge < -0.3 is 5.32 Å². The zero-order valence-corrected chi connectivity index (χ0v) is 8.03. The van der Waals surface area contributed by atoms with Gasteiger partial charge in [-0.2, -0.15) is 0 Å². The molecule has 0 amide bonds. The van der Waals surface area contributed by atoms with E-state index >= 15 is 0 Å². The summed E-state index contributed by atoms with van der Waals surface area (Å²) in [5, 5.41) is 11.6. The van der Waals surface area contributed by atoms with Crippen molar-refractivity contribution in [2.24, 2.45) is 0 Å². The first-order chi connectivity index (χ1) is 6.40. The third-order valence-corrected chi connectivity index (χ3v) is 2.60. The Morgan fingerprint density at radius 1 is 1.69 bits per heavy atom. The number of rotatable bonds is 2. The van der Waals surface area contributed by atoms with E-state index in [1.165, 1.54) is 12.8 Å². The van der Waals surface area contributed by atoms with Gasteiger partial charge >= 0.3 is 0 Å². The Labute approximate surface area is 78.3 Å². The molecule has 0 radical (unpaired) electrons. The molecule has 1 atom stereocenters. The summed E-state index contributed by atoms with van der Waals surface area (Å²) >= 11 is 0. The Morgan fingerprint density at radius 3 is 3.23 bits per heavy atom. The Hall–Kier alpha value is -0.900. The molecule has 1 N–H and O–H groups in total. The Bertz CT molecular complexity index is 262. The summed E-state index contributed by atoms with van der Waals surface area (Å²) in [5.74, 6) is 0.578. The average Bonchev–Trinajstić information content (AvgIpc) is 2.67. The fourth-order valence-electron chi connectivity index (χ4n) is 1.76. The van der Waals surface area contributed by atoms with Crippen molar-refractivity contribution in [1.82, 2.24) is 20.3 Å². The minimum Gasteiger partial charge on any atom is -0.316 e. The molecule has 72 valence electrons. The van der Waals surface area contributed by atoms with Crippen LogP contribution in [-0.2, 0) is 6.54 Å².